The van der Waals surface area contributed by atoms with E-state index in [1.54, 1.807) is 6.08 Å². The molecule has 0 saturated heterocycles. The number of aliphatic hydroxyl groups excluding tert-OH is 1. The van der Waals surface area contributed by atoms with E-state index in [0.717, 1.165) is 89.9 Å². The second kappa shape index (κ2) is 48.4. The van der Waals surface area contributed by atoms with Crippen molar-refractivity contribution in [2.24, 2.45) is 0 Å². The molecule has 0 rings (SSSR count). The van der Waals surface area contributed by atoms with Crippen molar-refractivity contribution in [3.63, 3.8) is 0 Å². The van der Waals surface area contributed by atoms with Gasteiger partial charge in [-0.2, -0.15) is 0 Å². The molecule has 0 bridgehead atoms. The second-order valence-electron chi connectivity index (χ2n) is 19.2. The van der Waals surface area contributed by atoms with Crippen molar-refractivity contribution in [2.75, 3.05) is 40.9 Å². The number of phosphoric acid groups is 1. The lowest BCUT2D eigenvalue weighted by Crippen LogP contribution is -2.45. The first kappa shape index (κ1) is 64.4. The number of nitrogens with zero attached hydrogens (tertiary/aromatic N) is 1. The molecule has 9 heteroatoms. The number of nitrogens with one attached hydrogen (secondary N) is 1. The van der Waals surface area contributed by atoms with Crippen LogP contribution < -0.4 is 10.2 Å². The van der Waals surface area contributed by atoms with Crippen LogP contribution in [0.4, 0.5) is 0 Å². The summed E-state index contributed by atoms with van der Waals surface area (Å²) in [5, 5.41) is 13.8. The molecule has 0 radical (unpaired) electrons. The largest absolute Gasteiger partial charge is 0.756 e. The molecule has 0 saturated carbocycles. The Morgan fingerprint density at radius 3 is 1.39 bits per heavy atom. The summed E-state index contributed by atoms with van der Waals surface area (Å²) in [4.78, 5) is 25.5. The van der Waals surface area contributed by atoms with Gasteiger partial charge in [0.2, 0.25) is 5.91 Å². The molecule has 8 nitrogen and oxygen atoms in total. The van der Waals surface area contributed by atoms with Gasteiger partial charge < -0.3 is 28.8 Å². The smallest absolute Gasteiger partial charge is 0.268 e. The summed E-state index contributed by atoms with van der Waals surface area (Å²) in [6, 6.07) is -0.915. The third kappa shape index (κ3) is 51.1. The Kier molecular flexibility index (Phi) is 46.6. The standard InChI is InChI=1S/C58H103N2O6P/c1-6-8-10-12-14-16-18-20-22-24-26-27-28-29-30-31-32-33-34-36-38-40-42-44-46-48-50-52-58(62)59-56(55-66-67(63,64)65-54-53-60(3,4)5)57(61)51-49-47-45-43-41-39-37-35-25-23-21-19-17-15-13-11-9-7-2/h8,10,14,16,20,22,26-27,29-30,32-33,41,43,49,51,56-57,61H,6-7,9,11-13,15,17-19,21,23-25,28,31,34-40,42,44-48,50,52-55H2,1-5H3,(H-,59,62,63,64)/b10-8-,16-14-,22-20-,27-26-,30-29-,33-32-,43-41+,51-49+. The molecule has 2 N–H and O–H groups in total. The Balaban J connectivity index is 4.33. The number of hydrogen-bond donors (Lipinski definition) is 2. The van der Waals surface area contributed by atoms with Gasteiger partial charge in [-0.05, 0) is 83.5 Å². The average molecular weight is 955 g/mol. The Morgan fingerprint density at radius 2 is 0.925 bits per heavy atom. The minimum Gasteiger partial charge on any atom is -0.756 e. The van der Waals surface area contributed by atoms with Crippen molar-refractivity contribution in [3.8, 4) is 0 Å². The summed E-state index contributed by atoms with van der Waals surface area (Å²) in [5.74, 6) is -0.220. The van der Waals surface area contributed by atoms with E-state index >= 15 is 0 Å². The van der Waals surface area contributed by atoms with E-state index in [-0.39, 0.29) is 12.5 Å². The minimum absolute atomic E-state index is 0.0130. The number of allylic oxidation sites excluding steroid dienone is 15. The first-order chi connectivity index (χ1) is 32.5. The molecule has 0 aromatic carbocycles. The summed E-state index contributed by atoms with van der Waals surface area (Å²) in [6.07, 6.45) is 69.0. The van der Waals surface area contributed by atoms with Gasteiger partial charge in [0, 0.05) is 6.42 Å². The summed E-state index contributed by atoms with van der Waals surface area (Å²) in [7, 11) is 1.22. The van der Waals surface area contributed by atoms with E-state index < -0.39 is 26.6 Å². The molecule has 0 spiro atoms. The Hall–Kier alpha value is -2.58. The maximum atomic E-state index is 12.9. The summed E-state index contributed by atoms with van der Waals surface area (Å²) in [6.45, 7) is 4.50. The van der Waals surface area contributed by atoms with Crippen molar-refractivity contribution in [1.82, 2.24) is 5.32 Å². The van der Waals surface area contributed by atoms with Crippen LogP contribution in [-0.4, -0.2) is 68.5 Å². The highest BCUT2D eigenvalue weighted by atomic mass is 31.2. The molecular weight excluding hydrogens is 852 g/mol. The molecule has 386 valence electrons. The Labute approximate surface area is 413 Å². The quantitative estimate of drug-likeness (QED) is 0.0272. The molecule has 3 unspecified atom stereocenters. The van der Waals surface area contributed by atoms with E-state index in [2.05, 4.69) is 104 Å². The molecule has 1 amide bonds. The van der Waals surface area contributed by atoms with Crippen LogP contribution in [-0.2, 0) is 18.4 Å². The van der Waals surface area contributed by atoms with E-state index in [1.165, 1.54) is 103 Å². The maximum Gasteiger partial charge on any atom is 0.268 e. The number of amides is 1. The number of rotatable bonds is 48. The monoisotopic (exact) mass is 955 g/mol. The summed E-state index contributed by atoms with van der Waals surface area (Å²) < 4.78 is 23.3. The highest BCUT2D eigenvalue weighted by molar-refractivity contribution is 7.45. The van der Waals surface area contributed by atoms with Crippen LogP contribution in [0.3, 0.4) is 0 Å². The van der Waals surface area contributed by atoms with E-state index in [9.17, 15) is 19.4 Å². The van der Waals surface area contributed by atoms with Crippen molar-refractivity contribution in [3.05, 3.63) is 97.2 Å². The maximum absolute atomic E-state index is 12.9. The lowest BCUT2D eigenvalue weighted by atomic mass is 10.0. The zero-order valence-corrected chi connectivity index (χ0v) is 44.7. The van der Waals surface area contributed by atoms with Gasteiger partial charge in [-0.1, -0.05) is 220 Å². The third-order valence-corrected chi connectivity index (χ3v) is 12.5. The van der Waals surface area contributed by atoms with Crippen LogP contribution >= 0.6 is 7.82 Å². The van der Waals surface area contributed by atoms with Crippen LogP contribution in [0.5, 0.6) is 0 Å². The number of quaternary nitrogens is 1. The lowest BCUT2D eigenvalue weighted by Gasteiger charge is -2.29. The number of likely N-dealkylation sites (N-methyl/N-ethyl adjacent to an activating group) is 1. The fraction of sp³-hybridized carbons (Fsp3) is 0.707. The van der Waals surface area contributed by atoms with E-state index in [0.29, 0.717) is 17.4 Å². The predicted molar refractivity (Wildman–Crippen MR) is 288 cm³/mol. The molecule has 3 atom stereocenters. The highest BCUT2D eigenvalue weighted by Crippen LogP contribution is 2.38. The molecule has 0 fully saturated rings. The van der Waals surface area contributed by atoms with Crippen molar-refractivity contribution in [1.29, 1.82) is 0 Å². The molecule has 0 aliphatic heterocycles. The van der Waals surface area contributed by atoms with Crippen LogP contribution in [0.15, 0.2) is 97.2 Å². The number of carbonyl (C=O) groups is 1. The Morgan fingerprint density at radius 1 is 0.537 bits per heavy atom. The van der Waals surface area contributed by atoms with Gasteiger partial charge >= 0.3 is 0 Å². The van der Waals surface area contributed by atoms with E-state index in [4.69, 9.17) is 9.05 Å². The molecule has 0 aliphatic carbocycles. The fourth-order valence-corrected chi connectivity index (χ4v) is 8.01. The molecule has 0 aliphatic rings. The number of phosphoric ester groups is 1. The van der Waals surface area contributed by atoms with Gasteiger partial charge in [0.1, 0.15) is 13.2 Å². The average Bonchev–Trinajstić information content (AvgIpc) is 3.29. The molecule has 0 aromatic rings. The molecular formula is C58H103N2O6P. The lowest BCUT2D eigenvalue weighted by molar-refractivity contribution is -0.870. The molecule has 0 aromatic heterocycles. The van der Waals surface area contributed by atoms with E-state index in [1.807, 2.05) is 27.2 Å². The van der Waals surface area contributed by atoms with Gasteiger partial charge in [-0.3, -0.25) is 9.36 Å². The van der Waals surface area contributed by atoms with Crippen LogP contribution in [0.1, 0.15) is 213 Å². The zero-order chi connectivity index (χ0) is 49.2. The van der Waals surface area contributed by atoms with Gasteiger partial charge in [-0.15, -0.1) is 0 Å². The summed E-state index contributed by atoms with van der Waals surface area (Å²) >= 11 is 0. The topological polar surface area (TPSA) is 108 Å². The normalized spacial score (nSPS) is 14.8. The van der Waals surface area contributed by atoms with Crippen molar-refractivity contribution in [2.45, 2.75) is 225 Å². The number of hydrogen-bond acceptors (Lipinski definition) is 6. The first-order valence-electron chi connectivity index (χ1n) is 27.1. The SMILES string of the molecule is CC/C=C\C/C=C\C/C=C\C/C=C\C/C=C\C/C=C\CCCCCCCCCCC(=O)NC(COP(=O)([O-])OCC[N+](C)(C)C)C(O)/C=C/CC/C=C/CCCCCCCCCCCCCC. The van der Waals surface area contributed by atoms with Gasteiger partial charge in [-0.25, -0.2) is 0 Å². The first-order valence-corrected chi connectivity index (χ1v) is 28.6. The number of aliphatic hydroxyl groups is 1. The predicted octanol–water partition coefficient (Wildman–Crippen LogP) is 15.6. The van der Waals surface area contributed by atoms with Gasteiger partial charge in [0.25, 0.3) is 7.82 Å². The zero-order valence-electron chi connectivity index (χ0n) is 43.8. The third-order valence-electron chi connectivity index (χ3n) is 11.5. The van der Waals surface area contributed by atoms with Crippen LogP contribution in [0.2, 0.25) is 0 Å². The number of carbonyl (C=O) groups excluding carboxylic acids is 1. The number of unbranched alkanes of at least 4 members (excludes halogenated alkanes) is 21. The minimum atomic E-state index is -4.61. The molecule has 0 heterocycles. The highest BCUT2D eigenvalue weighted by Gasteiger charge is 2.23. The van der Waals surface area contributed by atoms with Crippen molar-refractivity contribution >= 4 is 13.7 Å². The second-order valence-corrected chi connectivity index (χ2v) is 20.6. The van der Waals surface area contributed by atoms with Crippen LogP contribution in [0, 0.1) is 0 Å². The van der Waals surface area contributed by atoms with Gasteiger partial charge in [0.15, 0.2) is 0 Å². The fourth-order valence-electron chi connectivity index (χ4n) is 7.29. The summed E-state index contributed by atoms with van der Waals surface area (Å²) in [5.41, 5.74) is 0. The van der Waals surface area contributed by atoms with Crippen LogP contribution in [0.25, 0.3) is 0 Å². The van der Waals surface area contributed by atoms with Gasteiger partial charge in [0.05, 0.1) is 39.9 Å². The van der Waals surface area contributed by atoms with Crippen molar-refractivity contribution < 1.29 is 32.9 Å². The Bertz CT molecular complexity index is 1410. The molecule has 67 heavy (non-hydrogen) atoms.